The van der Waals surface area contributed by atoms with Crippen molar-refractivity contribution in [2.75, 3.05) is 13.2 Å². The number of hydrogen-bond donors (Lipinski definition) is 1. The molecule has 0 atom stereocenters. The SMILES string of the molecule is C=CC(=O)OCCOC(=O)c1ccccc1C(=O)O.O.O.O.O.O.O. The molecule has 0 aromatic heterocycles. The van der Waals surface area contributed by atoms with Gasteiger partial charge in [-0.25, -0.2) is 14.4 Å². The van der Waals surface area contributed by atoms with Crippen LogP contribution in [0, 0.1) is 0 Å². The van der Waals surface area contributed by atoms with E-state index >= 15 is 0 Å². The summed E-state index contributed by atoms with van der Waals surface area (Å²) in [5.41, 5.74) is -0.194. The molecule has 0 aliphatic rings. The van der Waals surface area contributed by atoms with Crippen molar-refractivity contribution in [1.29, 1.82) is 0 Å². The molecule has 0 heterocycles. The molecule has 25 heavy (non-hydrogen) atoms. The Morgan fingerprint density at radius 3 is 1.76 bits per heavy atom. The summed E-state index contributed by atoms with van der Waals surface area (Å²) < 4.78 is 9.40. The standard InChI is InChI=1S/C13H12O6.6H2O/c1-2-11(14)18-7-8-19-13(17)10-6-4-3-5-9(10)12(15)16;;;;;;/h2-6H,1,7-8H2,(H,15,16);6*1H2. The maximum atomic E-state index is 11.6. The van der Waals surface area contributed by atoms with Gasteiger partial charge in [0.1, 0.15) is 13.2 Å². The van der Waals surface area contributed by atoms with Crippen LogP contribution in [0.25, 0.3) is 0 Å². The third kappa shape index (κ3) is 12.2. The second-order valence-corrected chi connectivity index (χ2v) is 3.36. The minimum absolute atomic E-state index is 0. The maximum absolute atomic E-state index is 11.6. The molecule has 0 radical (unpaired) electrons. The second-order valence-electron chi connectivity index (χ2n) is 3.36. The largest absolute Gasteiger partial charge is 0.478 e. The molecule has 0 unspecified atom stereocenters. The van der Waals surface area contributed by atoms with Gasteiger partial charge in [-0.15, -0.1) is 0 Å². The fourth-order valence-corrected chi connectivity index (χ4v) is 1.26. The summed E-state index contributed by atoms with van der Waals surface area (Å²) in [5, 5.41) is 8.90. The van der Waals surface area contributed by atoms with Crippen LogP contribution >= 0.6 is 0 Å². The van der Waals surface area contributed by atoms with Gasteiger partial charge < -0.3 is 47.4 Å². The highest BCUT2D eigenvalue weighted by molar-refractivity contribution is 6.02. The number of aromatic carboxylic acids is 1. The Morgan fingerprint density at radius 2 is 1.32 bits per heavy atom. The lowest BCUT2D eigenvalue weighted by Crippen LogP contribution is -2.15. The van der Waals surface area contributed by atoms with Crippen LogP contribution in [-0.4, -0.2) is 69.1 Å². The van der Waals surface area contributed by atoms with Crippen LogP contribution in [0.1, 0.15) is 20.7 Å². The average Bonchev–Trinajstić information content (AvgIpc) is 2.42. The van der Waals surface area contributed by atoms with Crippen LogP contribution < -0.4 is 0 Å². The first-order valence-electron chi connectivity index (χ1n) is 5.35. The number of rotatable bonds is 6. The van der Waals surface area contributed by atoms with Crippen molar-refractivity contribution in [3.63, 3.8) is 0 Å². The van der Waals surface area contributed by atoms with E-state index in [1.165, 1.54) is 24.3 Å². The van der Waals surface area contributed by atoms with Crippen molar-refractivity contribution in [2.24, 2.45) is 0 Å². The molecular weight excluding hydrogens is 348 g/mol. The molecule has 0 saturated carbocycles. The Labute approximate surface area is 142 Å². The zero-order valence-electron chi connectivity index (χ0n) is 13.0. The molecule has 0 saturated heterocycles. The third-order valence-corrected chi connectivity index (χ3v) is 2.10. The van der Waals surface area contributed by atoms with Gasteiger partial charge in [0.2, 0.25) is 0 Å². The predicted molar refractivity (Wildman–Crippen MR) is 86.5 cm³/mol. The number of carboxylic acids is 1. The zero-order valence-corrected chi connectivity index (χ0v) is 13.0. The van der Waals surface area contributed by atoms with Crippen molar-refractivity contribution >= 4 is 17.9 Å². The molecule has 0 amide bonds. The van der Waals surface area contributed by atoms with Crippen molar-refractivity contribution in [1.82, 2.24) is 0 Å². The molecule has 12 nitrogen and oxygen atoms in total. The van der Waals surface area contributed by atoms with Gasteiger partial charge in [0.25, 0.3) is 0 Å². The van der Waals surface area contributed by atoms with Crippen molar-refractivity contribution in [2.45, 2.75) is 0 Å². The second kappa shape index (κ2) is 19.2. The van der Waals surface area contributed by atoms with Gasteiger partial charge in [0, 0.05) is 6.08 Å². The molecule has 0 spiro atoms. The monoisotopic (exact) mass is 372 g/mol. The summed E-state index contributed by atoms with van der Waals surface area (Å²) in [6.07, 6.45) is 0.988. The summed E-state index contributed by atoms with van der Waals surface area (Å²) in [5.74, 6) is -2.62. The Kier molecular flexibility index (Phi) is 29.1. The summed E-state index contributed by atoms with van der Waals surface area (Å²) >= 11 is 0. The first kappa shape index (κ1) is 38.0. The Morgan fingerprint density at radius 1 is 0.880 bits per heavy atom. The number of ether oxygens (including phenoxy) is 2. The number of esters is 2. The number of carbonyl (C=O) groups is 3. The van der Waals surface area contributed by atoms with E-state index in [-0.39, 0.29) is 57.2 Å². The van der Waals surface area contributed by atoms with E-state index in [4.69, 9.17) is 9.84 Å². The van der Waals surface area contributed by atoms with Gasteiger partial charge in [-0.05, 0) is 12.1 Å². The van der Waals surface area contributed by atoms with E-state index in [0.29, 0.717) is 0 Å². The lowest BCUT2D eigenvalue weighted by Gasteiger charge is -2.07. The molecular formula is C13H24O12. The number of carbonyl (C=O) groups excluding carboxylic acids is 2. The smallest absolute Gasteiger partial charge is 0.339 e. The highest BCUT2D eigenvalue weighted by Gasteiger charge is 2.16. The number of carboxylic acid groups (broad SMARTS) is 1. The van der Waals surface area contributed by atoms with E-state index in [9.17, 15) is 14.4 Å². The molecule has 12 heteroatoms. The van der Waals surface area contributed by atoms with Gasteiger partial charge in [0.05, 0.1) is 11.1 Å². The summed E-state index contributed by atoms with van der Waals surface area (Å²) in [6.45, 7) is 2.93. The quantitative estimate of drug-likeness (QED) is 0.297. The molecule has 1 rings (SSSR count). The van der Waals surface area contributed by atoms with Gasteiger partial charge in [0.15, 0.2) is 0 Å². The summed E-state index contributed by atoms with van der Waals surface area (Å²) in [6, 6.07) is 5.69. The van der Waals surface area contributed by atoms with Gasteiger partial charge in [-0.2, -0.15) is 0 Å². The molecule has 0 aliphatic heterocycles. The van der Waals surface area contributed by atoms with Crippen molar-refractivity contribution in [3.05, 3.63) is 48.0 Å². The lowest BCUT2D eigenvalue weighted by molar-refractivity contribution is -0.138. The van der Waals surface area contributed by atoms with Gasteiger partial charge in [-0.1, -0.05) is 18.7 Å². The van der Waals surface area contributed by atoms with Crippen LogP contribution in [0.2, 0.25) is 0 Å². The molecule has 148 valence electrons. The normalized spacial score (nSPS) is 7.20. The molecule has 0 fully saturated rings. The maximum Gasteiger partial charge on any atom is 0.339 e. The van der Waals surface area contributed by atoms with Crippen LogP contribution in [0.4, 0.5) is 0 Å². The van der Waals surface area contributed by atoms with Crippen LogP contribution in [-0.2, 0) is 14.3 Å². The number of benzene rings is 1. The van der Waals surface area contributed by atoms with E-state index in [0.717, 1.165) is 6.08 Å². The fraction of sp³-hybridized carbons (Fsp3) is 0.154. The van der Waals surface area contributed by atoms with Crippen LogP contribution in [0.5, 0.6) is 0 Å². The molecule has 0 bridgehead atoms. The van der Waals surface area contributed by atoms with E-state index in [1.54, 1.807) is 0 Å². The predicted octanol–water partition coefficient (Wildman–Crippen LogP) is -3.68. The Bertz CT molecular complexity index is 513. The number of hydrogen-bond acceptors (Lipinski definition) is 5. The van der Waals surface area contributed by atoms with Gasteiger partial charge >= 0.3 is 17.9 Å². The fourth-order valence-electron chi connectivity index (χ4n) is 1.26. The minimum Gasteiger partial charge on any atom is -0.478 e. The highest BCUT2D eigenvalue weighted by Crippen LogP contribution is 2.10. The third-order valence-electron chi connectivity index (χ3n) is 2.10. The van der Waals surface area contributed by atoms with Crippen molar-refractivity contribution in [3.8, 4) is 0 Å². The van der Waals surface area contributed by atoms with E-state index in [1.807, 2.05) is 0 Å². The Balaban J connectivity index is -0.000000150. The van der Waals surface area contributed by atoms with E-state index in [2.05, 4.69) is 11.3 Å². The van der Waals surface area contributed by atoms with Crippen LogP contribution in [0.3, 0.4) is 0 Å². The Hall–Kier alpha value is -2.87. The molecule has 1 aromatic rings. The topological polar surface area (TPSA) is 279 Å². The first-order valence-corrected chi connectivity index (χ1v) is 5.35. The summed E-state index contributed by atoms with van der Waals surface area (Å²) in [4.78, 5) is 33.2. The van der Waals surface area contributed by atoms with Crippen molar-refractivity contribution < 1.29 is 61.8 Å². The zero-order chi connectivity index (χ0) is 14.3. The van der Waals surface area contributed by atoms with Crippen LogP contribution in [0.15, 0.2) is 36.9 Å². The lowest BCUT2D eigenvalue weighted by atomic mass is 10.1. The summed E-state index contributed by atoms with van der Waals surface area (Å²) in [7, 11) is 0. The minimum atomic E-state index is -1.22. The molecule has 13 N–H and O–H groups in total. The first-order chi connectivity index (χ1) is 9.06. The van der Waals surface area contributed by atoms with E-state index < -0.39 is 17.9 Å². The average molecular weight is 372 g/mol. The van der Waals surface area contributed by atoms with Gasteiger partial charge in [-0.3, -0.25) is 0 Å². The highest BCUT2D eigenvalue weighted by atomic mass is 16.6. The molecule has 1 aromatic carbocycles. The molecule has 0 aliphatic carbocycles.